The summed E-state index contributed by atoms with van der Waals surface area (Å²) < 4.78 is 6.83. The van der Waals surface area contributed by atoms with Crippen LogP contribution in [0.25, 0.3) is 0 Å². The molecule has 0 saturated carbocycles. The number of carbonyl (C=O) groups is 2. The molecule has 0 saturated heterocycles. The molecule has 0 aliphatic rings. The average molecular weight is 493 g/mol. The van der Waals surface area contributed by atoms with Gasteiger partial charge in [-0.2, -0.15) is 0 Å². The van der Waals surface area contributed by atoms with E-state index < -0.39 is 12.2 Å². The van der Waals surface area contributed by atoms with Gasteiger partial charge in [-0.1, -0.05) is 87.1 Å². The van der Waals surface area contributed by atoms with Gasteiger partial charge in [0.2, 0.25) is 0 Å². The van der Waals surface area contributed by atoms with Gasteiger partial charge in [-0.3, -0.25) is 4.72 Å². The summed E-state index contributed by atoms with van der Waals surface area (Å²) in [5, 5.41) is 0. The molecule has 0 fully saturated rings. The zero-order valence-corrected chi connectivity index (χ0v) is 19.2. The van der Waals surface area contributed by atoms with E-state index >= 15 is 0 Å². The fourth-order valence-electron chi connectivity index (χ4n) is 1.61. The van der Waals surface area contributed by atoms with E-state index in [0.29, 0.717) is 0 Å². The van der Waals surface area contributed by atoms with Crippen LogP contribution in [0.3, 0.4) is 0 Å². The Morgan fingerprint density at radius 2 is 1.32 bits per heavy atom. The first kappa shape index (κ1) is 23.5. The Morgan fingerprint density at radius 1 is 0.786 bits per heavy atom. The molecule has 6 nitrogen and oxygen atoms in total. The standard InChI is InChI=1S/C16H16N2O4S6/c19-15(17-25-27-23-11-13-7-3-1-4-8-13)21-16(20)22-18-26-28-24-12-14-9-5-2-6-10-14/h1-10,18H,11-12H2,(H,17,19). The lowest BCUT2D eigenvalue weighted by Crippen LogP contribution is -2.23. The molecule has 150 valence electrons. The lowest BCUT2D eigenvalue weighted by atomic mass is 10.2. The first-order chi connectivity index (χ1) is 13.7. The van der Waals surface area contributed by atoms with Gasteiger partial charge in [0.25, 0.3) is 0 Å². The quantitative estimate of drug-likeness (QED) is 0.0884. The third-order valence-electron chi connectivity index (χ3n) is 2.76. The summed E-state index contributed by atoms with van der Waals surface area (Å²) >= 11 is 0. The molecule has 0 bridgehead atoms. The van der Waals surface area contributed by atoms with E-state index in [2.05, 4.69) is 19.2 Å². The maximum atomic E-state index is 11.5. The Balaban J connectivity index is 1.42. The smallest absolute Gasteiger partial charge is 0.341 e. The second kappa shape index (κ2) is 15.1. The summed E-state index contributed by atoms with van der Waals surface area (Å²) in [6.07, 6.45) is -2.01. The molecule has 12 heteroatoms. The van der Waals surface area contributed by atoms with Crippen LogP contribution in [-0.2, 0) is 21.1 Å². The minimum Gasteiger partial charge on any atom is -0.341 e. The fourth-order valence-corrected chi connectivity index (χ4v) is 6.91. The zero-order valence-electron chi connectivity index (χ0n) is 14.3. The molecular formula is C16H16N2O4S6. The molecule has 2 aromatic carbocycles. The minimum absolute atomic E-state index is 0.804. The highest BCUT2D eigenvalue weighted by molar-refractivity contribution is 9.09. The highest BCUT2D eigenvalue weighted by Gasteiger charge is 2.12. The molecule has 0 aliphatic carbocycles. The van der Waals surface area contributed by atoms with Crippen LogP contribution in [0.15, 0.2) is 60.7 Å². The Morgan fingerprint density at radius 3 is 1.89 bits per heavy atom. The predicted molar refractivity (Wildman–Crippen MR) is 125 cm³/mol. The Bertz CT molecular complexity index is 711. The molecule has 0 aromatic heterocycles. The van der Waals surface area contributed by atoms with Gasteiger partial charge in [0.05, 0.1) is 0 Å². The van der Waals surface area contributed by atoms with Gasteiger partial charge in [0.15, 0.2) is 0 Å². The van der Waals surface area contributed by atoms with Gasteiger partial charge >= 0.3 is 12.2 Å². The SMILES string of the molecule is O=C(NSSSCc1ccccc1)OC(=O)ONSSSCc1ccccc1. The topological polar surface area (TPSA) is 76.7 Å². The molecule has 2 rings (SSSR count). The fraction of sp³-hybridized carbons (Fsp3) is 0.125. The number of rotatable bonds is 11. The second-order valence-corrected chi connectivity index (χ2v) is 12.4. The van der Waals surface area contributed by atoms with E-state index in [1.807, 2.05) is 60.7 Å². The van der Waals surface area contributed by atoms with E-state index in [1.54, 1.807) is 21.6 Å². The molecule has 0 spiro atoms. The number of amides is 1. The number of nitrogens with one attached hydrogen (secondary N) is 2. The molecule has 1 amide bonds. The van der Waals surface area contributed by atoms with Crippen LogP contribution in [-0.4, -0.2) is 12.2 Å². The molecule has 0 aliphatic heterocycles. The Kier molecular flexibility index (Phi) is 12.7. The average Bonchev–Trinajstić information content (AvgIpc) is 2.72. The predicted octanol–water partition coefficient (Wildman–Crippen LogP) is 6.64. The molecule has 2 aromatic rings. The summed E-state index contributed by atoms with van der Waals surface area (Å²) in [4.78, 5) is 29.8. The lowest BCUT2D eigenvalue weighted by Gasteiger charge is -2.05. The van der Waals surface area contributed by atoms with Crippen molar-refractivity contribution in [3.63, 3.8) is 0 Å². The molecule has 2 N–H and O–H groups in total. The van der Waals surface area contributed by atoms with Crippen LogP contribution >= 0.6 is 63.2 Å². The molecule has 0 radical (unpaired) electrons. The number of ether oxygens (including phenoxy) is 1. The monoisotopic (exact) mass is 492 g/mol. The van der Waals surface area contributed by atoms with Crippen LogP contribution in [0.2, 0.25) is 0 Å². The van der Waals surface area contributed by atoms with Gasteiger partial charge in [0, 0.05) is 33.5 Å². The molecule has 0 atom stereocenters. The first-order valence-electron chi connectivity index (χ1n) is 7.66. The number of hydrogen-bond donors (Lipinski definition) is 2. The van der Waals surface area contributed by atoms with Crippen molar-refractivity contribution in [2.75, 3.05) is 0 Å². The van der Waals surface area contributed by atoms with Crippen molar-refractivity contribution >= 4 is 75.4 Å². The van der Waals surface area contributed by atoms with Crippen LogP contribution in [0, 0.1) is 0 Å². The van der Waals surface area contributed by atoms with Crippen LogP contribution in [0.1, 0.15) is 11.1 Å². The van der Waals surface area contributed by atoms with Gasteiger partial charge in [-0.15, -0.1) is 0 Å². The van der Waals surface area contributed by atoms with Crippen molar-refractivity contribution in [1.82, 2.24) is 9.61 Å². The number of benzene rings is 2. The number of carbonyl (C=O) groups excluding carboxylic acids is 2. The van der Waals surface area contributed by atoms with Crippen molar-refractivity contribution in [1.29, 1.82) is 0 Å². The van der Waals surface area contributed by atoms with Crippen molar-refractivity contribution in [2.45, 2.75) is 11.5 Å². The third kappa shape index (κ3) is 11.3. The zero-order chi connectivity index (χ0) is 19.9. The summed E-state index contributed by atoms with van der Waals surface area (Å²) in [6, 6.07) is 20.0. The maximum absolute atomic E-state index is 11.5. The molecular weight excluding hydrogens is 477 g/mol. The molecule has 0 heterocycles. The second-order valence-electron chi connectivity index (χ2n) is 4.73. The van der Waals surface area contributed by atoms with Crippen molar-refractivity contribution in [3.05, 3.63) is 71.8 Å². The third-order valence-corrected chi connectivity index (χ3v) is 9.50. The molecule has 28 heavy (non-hydrogen) atoms. The van der Waals surface area contributed by atoms with Crippen LogP contribution in [0.4, 0.5) is 9.59 Å². The van der Waals surface area contributed by atoms with Gasteiger partial charge < -0.3 is 9.57 Å². The summed E-state index contributed by atoms with van der Waals surface area (Å²) in [5.41, 5.74) is 2.39. The summed E-state index contributed by atoms with van der Waals surface area (Å²) in [5.74, 6) is 1.63. The largest absolute Gasteiger partial charge is 0.537 e. The van der Waals surface area contributed by atoms with Crippen LogP contribution < -0.4 is 9.61 Å². The summed E-state index contributed by atoms with van der Waals surface area (Å²) in [6.45, 7) is 0. The Labute approximate surface area is 186 Å². The number of hydrogen-bond acceptors (Lipinski definition) is 11. The van der Waals surface area contributed by atoms with E-state index in [1.165, 1.54) is 30.8 Å². The van der Waals surface area contributed by atoms with Gasteiger partial charge in [-0.25, -0.2) is 9.59 Å². The van der Waals surface area contributed by atoms with Crippen molar-refractivity contribution < 1.29 is 19.2 Å². The maximum Gasteiger partial charge on any atom is 0.537 e. The van der Waals surface area contributed by atoms with Crippen molar-refractivity contribution in [2.24, 2.45) is 0 Å². The van der Waals surface area contributed by atoms with E-state index in [9.17, 15) is 9.59 Å². The lowest BCUT2D eigenvalue weighted by molar-refractivity contribution is 0.0644. The van der Waals surface area contributed by atoms with Gasteiger partial charge in [-0.05, 0) is 30.8 Å². The molecule has 0 unspecified atom stereocenters. The normalized spacial score (nSPS) is 10.3. The van der Waals surface area contributed by atoms with E-state index in [4.69, 9.17) is 0 Å². The van der Waals surface area contributed by atoms with E-state index in [0.717, 1.165) is 33.5 Å². The summed E-state index contributed by atoms with van der Waals surface area (Å²) in [7, 11) is 8.10. The Hall–Kier alpha value is -0.760. The van der Waals surface area contributed by atoms with Crippen LogP contribution in [0.5, 0.6) is 0 Å². The van der Waals surface area contributed by atoms with E-state index in [-0.39, 0.29) is 0 Å². The van der Waals surface area contributed by atoms with Gasteiger partial charge in [0.1, 0.15) is 0 Å². The van der Waals surface area contributed by atoms with Crippen molar-refractivity contribution in [3.8, 4) is 0 Å². The highest BCUT2D eigenvalue weighted by Crippen LogP contribution is 2.35. The first-order valence-corrected chi connectivity index (χ1v) is 15.0. The minimum atomic E-state index is -1.12. The highest BCUT2D eigenvalue weighted by atomic mass is 33.5.